The van der Waals surface area contributed by atoms with E-state index in [0.717, 1.165) is 11.1 Å². The van der Waals surface area contributed by atoms with Crippen LogP contribution in [-0.2, 0) is 4.79 Å². The fourth-order valence-electron chi connectivity index (χ4n) is 1.68. The van der Waals surface area contributed by atoms with Crippen molar-refractivity contribution >= 4 is 17.7 Å². The number of carbonyl (C=O) groups excluding carboxylic acids is 1. The predicted molar refractivity (Wildman–Crippen MR) is 78.9 cm³/mol. The molecule has 0 radical (unpaired) electrons. The quantitative estimate of drug-likeness (QED) is 0.699. The zero-order valence-electron chi connectivity index (χ0n) is 11.8. The summed E-state index contributed by atoms with van der Waals surface area (Å²) in [5.41, 5.74) is 2.47. The van der Waals surface area contributed by atoms with E-state index in [-0.39, 0.29) is 18.4 Å². The van der Waals surface area contributed by atoms with E-state index in [0.29, 0.717) is 12.2 Å². The van der Waals surface area contributed by atoms with Crippen LogP contribution in [0, 0.1) is 0 Å². The third kappa shape index (κ3) is 5.56. The van der Waals surface area contributed by atoms with Crippen LogP contribution >= 0.6 is 0 Å². The molecule has 1 aromatic carbocycles. The first-order chi connectivity index (χ1) is 9.38. The summed E-state index contributed by atoms with van der Waals surface area (Å²) >= 11 is 0. The molecule has 1 unspecified atom stereocenters. The van der Waals surface area contributed by atoms with E-state index in [1.807, 2.05) is 26.0 Å². The Balaban J connectivity index is 2.56. The largest absolute Gasteiger partial charge is 0.481 e. The van der Waals surface area contributed by atoms with Gasteiger partial charge in [-0.3, -0.25) is 4.79 Å². The van der Waals surface area contributed by atoms with Crippen LogP contribution in [0.3, 0.4) is 0 Å². The molecule has 108 valence electrons. The normalized spacial score (nSPS) is 11.5. The van der Waals surface area contributed by atoms with E-state index in [1.54, 1.807) is 12.1 Å². The third-order valence-corrected chi connectivity index (χ3v) is 2.77. The number of amides is 2. The smallest absolute Gasteiger partial charge is 0.319 e. The maximum absolute atomic E-state index is 11.5. The van der Waals surface area contributed by atoms with Gasteiger partial charge in [-0.15, -0.1) is 0 Å². The minimum absolute atomic E-state index is 0.0567. The number of carboxylic acids is 1. The first-order valence-corrected chi connectivity index (χ1v) is 6.39. The van der Waals surface area contributed by atoms with Crippen molar-refractivity contribution in [3.05, 3.63) is 42.0 Å². The summed E-state index contributed by atoms with van der Waals surface area (Å²) in [6.45, 7) is 7.82. The minimum atomic E-state index is -0.820. The van der Waals surface area contributed by atoms with E-state index < -0.39 is 5.97 Å². The molecule has 1 atom stereocenters. The summed E-state index contributed by atoms with van der Waals surface area (Å²) in [6.07, 6.45) is 0.0892. The SMILES string of the molecule is C=C(C)CNC(=O)Nc1ccc(C(C)CC(=O)O)cc1. The molecule has 0 aromatic heterocycles. The summed E-state index contributed by atoms with van der Waals surface area (Å²) in [5.74, 6) is -0.877. The van der Waals surface area contributed by atoms with Crippen LogP contribution in [-0.4, -0.2) is 23.7 Å². The van der Waals surface area contributed by atoms with E-state index in [1.165, 1.54) is 0 Å². The van der Waals surface area contributed by atoms with Gasteiger partial charge in [0.15, 0.2) is 0 Å². The van der Waals surface area contributed by atoms with Gasteiger partial charge in [0.2, 0.25) is 0 Å². The first-order valence-electron chi connectivity index (χ1n) is 6.39. The van der Waals surface area contributed by atoms with Crippen LogP contribution in [0.1, 0.15) is 31.7 Å². The van der Waals surface area contributed by atoms with Gasteiger partial charge in [-0.1, -0.05) is 31.2 Å². The molecule has 5 heteroatoms. The van der Waals surface area contributed by atoms with Gasteiger partial charge in [-0.25, -0.2) is 4.79 Å². The monoisotopic (exact) mass is 276 g/mol. The number of aliphatic carboxylic acids is 1. The van der Waals surface area contributed by atoms with Gasteiger partial charge in [0.1, 0.15) is 0 Å². The average molecular weight is 276 g/mol. The second kappa shape index (κ2) is 7.33. The minimum Gasteiger partial charge on any atom is -0.481 e. The Morgan fingerprint density at radius 2 is 1.90 bits per heavy atom. The van der Waals surface area contributed by atoms with E-state index in [2.05, 4.69) is 17.2 Å². The Morgan fingerprint density at radius 1 is 1.30 bits per heavy atom. The molecule has 0 heterocycles. The van der Waals surface area contributed by atoms with Crippen molar-refractivity contribution in [1.29, 1.82) is 0 Å². The van der Waals surface area contributed by atoms with Gasteiger partial charge in [0.05, 0.1) is 6.42 Å². The molecule has 0 aliphatic rings. The van der Waals surface area contributed by atoms with Gasteiger partial charge >= 0.3 is 12.0 Å². The highest BCUT2D eigenvalue weighted by molar-refractivity contribution is 5.89. The Labute approximate surface area is 118 Å². The van der Waals surface area contributed by atoms with Gasteiger partial charge in [0, 0.05) is 12.2 Å². The van der Waals surface area contributed by atoms with Crippen molar-refractivity contribution in [2.24, 2.45) is 0 Å². The average Bonchev–Trinajstić information content (AvgIpc) is 2.36. The number of rotatable bonds is 6. The molecule has 5 nitrogen and oxygen atoms in total. The lowest BCUT2D eigenvalue weighted by molar-refractivity contribution is -0.137. The number of nitrogens with one attached hydrogen (secondary N) is 2. The number of carboxylic acid groups (broad SMARTS) is 1. The number of hydrogen-bond acceptors (Lipinski definition) is 2. The molecule has 0 aliphatic heterocycles. The Bertz CT molecular complexity index is 494. The van der Waals surface area contributed by atoms with Crippen molar-refractivity contribution in [1.82, 2.24) is 5.32 Å². The van der Waals surface area contributed by atoms with Crippen LogP contribution < -0.4 is 10.6 Å². The summed E-state index contributed by atoms with van der Waals surface area (Å²) < 4.78 is 0. The fourth-order valence-corrected chi connectivity index (χ4v) is 1.68. The molecule has 0 saturated heterocycles. The van der Waals surface area contributed by atoms with Gasteiger partial charge in [-0.05, 0) is 30.5 Å². The van der Waals surface area contributed by atoms with E-state index in [9.17, 15) is 9.59 Å². The highest BCUT2D eigenvalue weighted by Gasteiger charge is 2.10. The van der Waals surface area contributed by atoms with Gasteiger partial charge in [0.25, 0.3) is 0 Å². The molecule has 3 N–H and O–H groups in total. The number of urea groups is 1. The number of carbonyl (C=O) groups is 2. The Hall–Kier alpha value is -2.30. The van der Waals surface area contributed by atoms with Crippen molar-refractivity contribution < 1.29 is 14.7 Å². The third-order valence-electron chi connectivity index (χ3n) is 2.77. The van der Waals surface area contributed by atoms with Crippen molar-refractivity contribution in [2.75, 3.05) is 11.9 Å². The highest BCUT2D eigenvalue weighted by atomic mass is 16.4. The molecule has 2 amide bonds. The lowest BCUT2D eigenvalue weighted by Gasteiger charge is -2.11. The highest BCUT2D eigenvalue weighted by Crippen LogP contribution is 2.20. The molecule has 20 heavy (non-hydrogen) atoms. The zero-order valence-corrected chi connectivity index (χ0v) is 11.8. The first kappa shape index (κ1) is 15.8. The molecule has 0 aliphatic carbocycles. The standard InChI is InChI=1S/C15H20N2O3/c1-10(2)9-16-15(20)17-13-6-4-12(5-7-13)11(3)8-14(18)19/h4-7,11H,1,8-9H2,2-3H3,(H,18,19)(H2,16,17,20). The molecular formula is C15H20N2O3. The molecule has 1 rings (SSSR count). The second-order valence-corrected chi connectivity index (χ2v) is 4.89. The summed E-state index contributed by atoms with van der Waals surface area (Å²) in [4.78, 5) is 22.2. The lowest BCUT2D eigenvalue weighted by Crippen LogP contribution is -2.29. The second-order valence-electron chi connectivity index (χ2n) is 4.89. The van der Waals surface area contributed by atoms with Crippen LogP contribution in [0.5, 0.6) is 0 Å². The topological polar surface area (TPSA) is 78.4 Å². The summed E-state index contributed by atoms with van der Waals surface area (Å²) in [6, 6.07) is 6.87. The van der Waals surface area contributed by atoms with Crippen LogP contribution in [0.4, 0.5) is 10.5 Å². The van der Waals surface area contributed by atoms with Crippen LogP contribution in [0.15, 0.2) is 36.4 Å². The Kier molecular flexibility index (Phi) is 5.77. The Morgan fingerprint density at radius 3 is 2.40 bits per heavy atom. The molecule has 0 bridgehead atoms. The van der Waals surface area contributed by atoms with E-state index in [4.69, 9.17) is 5.11 Å². The molecule has 0 spiro atoms. The fraction of sp³-hybridized carbons (Fsp3) is 0.333. The molecule has 0 fully saturated rings. The lowest BCUT2D eigenvalue weighted by atomic mass is 9.98. The number of benzene rings is 1. The summed E-state index contributed by atoms with van der Waals surface area (Å²) in [7, 11) is 0. The van der Waals surface area contributed by atoms with Gasteiger partial charge < -0.3 is 15.7 Å². The number of anilines is 1. The zero-order chi connectivity index (χ0) is 15.1. The maximum Gasteiger partial charge on any atom is 0.319 e. The van der Waals surface area contributed by atoms with Crippen molar-refractivity contribution in [2.45, 2.75) is 26.2 Å². The molecule has 1 aromatic rings. The molecular weight excluding hydrogens is 256 g/mol. The van der Waals surface area contributed by atoms with Crippen LogP contribution in [0.25, 0.3) is 0 Å². The van der Waals surface area contributed by atoms with Gasteiger partial charge in [-0.2, -0.15) is 0 Å². The molecule has 0 saturated carbocycles. The van der Waals surface area contributed by atoms with Crippen molar-refractivity contribution in [3.8, 4) is 0 Å². The van der Waals surface area contributed by atoms with E-state index >= 15 is 0 Å². The maximum atomic E-state index is 11.5. The summed E-state index contributed by atoms with van der Waals surface area (Å²) in [5, 5.41) is 14.1. The number of hydrogen-bond donors (Lipinski definition) is 3. The van der Waals surface area contributed by atoms with Crippen LogP contribution in [0.2, 0.25) is 0 Å². The van der Waals surface area contributed by atoms with Crippen molar-refractivity contribution in [3.63, 3.8) is 0 Å². The predicted octanol–water partition coefficient (Wildman–Crippen LogP) is 2.96.